The van der Waals surface area contributed by atoms with E-state index in [9.17, 15) is 9.59 Å². The number of carbonyl (C=O) groups is 2. The maximum Gasteiger partial charge on any atom is 0.244 e. The van der Waals surface area contributed by atoms with Crippen molar-refractivity contribution in [3.63, 3.8) is 0 Å². The highest BCUT2D eigenvalue weighted by atomic mass is 32.2. The highest BCUT2D eigenvalue weighted by Crippen LogP contribution is 2.34. The molecule has 1 heterocycles. The number of nitrogens with zero attached hydrogens (tertiary/aromatic N) is 1. The summed E-state index contributed by atoms with van der Waals surface area (Å²) in [5.41, 5.74) is 1.54. The number of hydrogen-bond acceptors (Lipinski definition) is 3. The Morgan fingerprint density at radius 3 is 2.62 bits per heavy atom. The first-order chi connectivity index (χ1) is 10.2. The number of rotatable bonds is 3. The lowest BCUT2D eigenvalue weighted by Crippen LogP contribution is -2.41. The summed E-state index contributed by atoms with van der Waals surface area (Å²) in [7, 11) is 0. The fourth-order valence-electron chi connectivity index (χ4n) is 2.19. The van der Waals surface area contributed by atoms with Crippen LogP contribution in [0.5, 0.6) is 0 Å². The Labute approximate surface area is 127 Å². The average molecular weight is 298 g/mol. The molecule has 0 spiro atoms. The molecule has 0 saturated heterocycles. The third-order valence-electron chi connectivity index (χ3n) is 3.17. The van der Waals surface area contributed by atoms with Gasteiger partial charge in [0.2, 0.25) is 11.8 Å². The quantitative estimate of drug-likeness (QED) is 0.948. The molecule has 3 rings (SSSR count). The molecule has 1 aliphatic rings. The van der Waals surface area contributed by atoms with Gasteiger partial charge in [0.25, 0.3) is 0 Å². The summed E-state index contributed by atoms with van der Waals surface area (Å²) in [5, 5.41) is 2.80. The topological polar surface area (TPSA) is 49.4 Å². The summed E-state index contributed by atoms with van der Waals surface area (Å²) in [6.45, 7) is 0.0330. The molecule has 0 aromatic heterocycles. The molecule has 2 aromatic rings. The van der Waals surface area contributed by atoms with E-state index in [-0.39, 0.29) is 18.4 Å². The van der Waals surface area contributed by atoms with Crippen LogP contribution in [0.4, 0.5) is 11.4 Å². The number of para-hydroxylation sites is 2. The lowest BCUT2D eigenvalue weighted by Gasteiger charge is -2.28. The van der Waals surface area contributed by atoms with E-state index in [0.717, 1.165) is 16.3 Å². The number of thioether (sulfide) groups is 1. The van der Waals surface area contributed by atoms with Crippen LogP contribution in [0.2, 0.25) is 0 Å². The molecule has 0 unspecified atom stereocenters. The second kappa shape index (κ2) is 6.01. The van der Waals surface area contributed by atoms with Gasteiger partial charge in [0.05, 0.1) is 11.4 Å². The standard InChI is InChI=1S/C16H14N2O2S/c19-15(17-12-6-2-1-3-7-12)10-18-13-8-4-5-9-14(13)21-11-16(18)20/h1-9H,10-11H2,(H,17,19). The number of nitrogens with one attached hydrogen (secondary N) is 1. The molecule has 0 fully saturated rings. The van der Waals surface area contributed by atoms with E-state index in [4.69, 9.17) is 0 Å². The third kappa shape index (κ3) is 3.08. The van der Waals surface area contributed by atoms with Crippen molar-refractivity contribution in [3.8, 4) is 0 Å². The van der Waals surface area contributed by atoms with Gasteiger partial charge in [-0.2, -0.15) is 0 Å². The van der Waals surface area contributed by atoms with E-state index in [2.05, 4.69) is 5.32 Å². The zero-order valence-corrected chi connectivity index (χ0v) is 12.1. The minimum absolute atomic E-state index is 0.0330. The van der Waals surface area contributed by atoms with Gasteiger partial charge in [0.15, 0.2) is 0 Å². The zero-order valence-electron chi connectivity index (χ0n) is 11.3. The minimum atomic E-state index is -0.198. The van der Waals surface area contributed by atoms with Crippen molar-refractivity contribution in [2.75, 3.05) is 22.5 Å². The summed E-state index contributed by atoms with van der Waals surface area (Å²) in [6, 6.07) is 16.9. The first-order valence-electron chi connectivity index (χ1n) is 6.61. The first-order valence-corrected chi connectivity index (χ1v) is 7.60. The lowest BCUT2D eigenvalue weighted by molar-refractivity contribution is -0.120. The van der Waals surface area contributed by atoms with Gasteiger partial charge in [0.1, 0.15) is 6.54 Å². The van der Waals surface area contributed by atoms with Crippen LogP contribution in [0.25, 0.3) is 0 Å². The fourth-order valence-corrected chi connectivity index (χ4v) is 3.13. The van der Waals surface area contributed by atoms with E-state index >= 15 is 0 Å². The Hall–Kier alpha value is -2.27. The monoisotopic (exact) mass is 298 g/mol. The molecular weight excluding hydrogens is 284 g/mol. The predicted octanol–water partition coefficient (Wildman–Crippen LogP) is 2.76. The van der Waals surface area contributed by atoms with E-state index in [0.29, 0.717) is 5.75 Å². The highest BCUT2D eigenvalue weighted by molar-refractivity contribution is 8.00. The summed E-state index contributed by atoms with van der Waals surface area (Å²) in [6.07, 6.45) is 0. The number of benzene rings is 2. The molecule has 1 N–H and O–H groups in total. The Bertz CT molecular complexity index is 673. The molecule has 0 atom stereocenters. The van der Waals surface area contributed by atoms with Crippen LogP contribution in [0.3, 0.4) is 0 Å². The first kappa shape index (κ1) is 13.7. The smallest absolute Gasteiger partial charge is 0.244 e. The lowest BCUT2D eigenvalue weighted by atomic mass is 10.2. The predicted molar refractivity (Wildman–Crippen MR) is 84.6 cm³/mol. The molecule has 0 aliphatic carbocycles. The molecule has 21 heavy (non-hydrogen) atoms. The Morgan fingerprint density at radius 1 is 1.10 bits per heavy atom. The number of amides is 2. The second-order valence-corrected chi connectivity index (χ2v) is 5.67. The molecule has 0 saturated carbocycles. The molecule has 106 valence electrons. The van der Waals surface area contributed by atoms with Crippen molar-refractivity contribution in [2.24, 2.45) is 0 Å². The number of anilines is 2. The number of carbonyl (C=O) groups excluding carboxylic acids is 2. The van der Waals surface area contributed by atoms with Gasteiger partial charge >= 0.3 is 0 Å². The van der Waals surface area contributed by atoms with Crippen LogP contribution >= 0.6 is 11.8 Å². The molecule has 2 aromatic carbocycles. The van der Waals surface area contributed by atoms with E-state index in [1.807, 2.05) is 54.6 Å². The summed E-state index contributed by atoms with van der Waals surface area (Å²) in [4.78, 5) is 26.8. The molecule has 0 bridgehead atoms. The van der Waals surface area contributed by atoms with Crippen molar-refractivity contribution in [3.05, 3.63) is 54.6 Å². The highest BCUT2D eigenvalue weighted by Gasteiger charge is 2.26. The van der Waals surface area contributed by atoms with Gasteiger partial charge in [-0.15, -0.1) is 11.8 Å². The van der Waals surface area contributed by atoms with Crippen LogP contribution in [0.1, 0.15) is 0 Å². The van der Waals surface area contributed by atoms with Crippen LogP contribution in [-0.2, 0) is 9.59 Å². The Balaban J connectivity index is 1.75. The normalized spacial score (nSPS) is 13.7. The summed E-state index contributed by atoms with van der Waals surface area (Å²) in [5.74, 6) is 0.133. The number of hydrogen-bond donors (Lipinski definition) is 1. The third-order valence-corrected chi connectivity index (χ3v) is 4.22. The second-order valence-electron chi connectivity index (χ2n) is 4.65. The van der Waals surface area contributed by atoms with Crippen molar-refractivity contribution in [2.45, 2.75) is 4.90 Å². The van der Waals surface area contributed by atoms with Crippen molar-refractivity contribution >= 4 is 35.0 Å². The Morgan fingerprint density at radius 2 is 1.81 bits per heavy atom. The molecule has 0 radical (unpaired) electrons. The van der Waals surface area contributed by atoms with Gasteiger partial charge in [0, 0.05) is 10.6 Å². The van der Waals surface area contributed by atoms with Crippen LogP contribution in [-0.4, -0.2) is 24.1 Å². The summed E-state index contributed by atoms with van der Waals surface area (Å²) >= 11 is 1.51. The van der Waals surface area contributed by atoms with E-state index in [1.54, 1.807) is 4.90 Å². The largest absolute Gasteiger partial charge is 0.325 e. The van der Waals surface area contributed by atoms with E-state index < -0.39 is 0 Å². The molecular formula is C16H14N2O2S. The van der Waals surface area contributed by atoms with Crippen molar-refractivity contribution < 1.29 is 9.59 Å². The van der Waals surface area contributed by atoms with Crippen molar-refractivity contribution in [1.82, 2.24) is 0 Å². The van der Waals surface area contributed by atoms with Gasteiger partial charge in [-0.1, -0.05) is 30.3 Å². The number of fused-ring (bicyclic) bond motifs is 1. The molecule has 4 nitrogen and oxygen atoms in total. The zero-order chi connectivity index (χ0) is 14.7. The van der Waals surface area contributed by atoms with E-state index in [1.165, 1.54) is 11.8 Å². The molecule has 5 heteroatoms. The van der Waals surface area contributed by atoms with Crippen molar-refractivity contribution in [1.29, 1.82) is 0 Å². The molecule has 1 aliphatic heterocycles. The Kier molecular flexibility index (Phi) is 3.92. The van der Waals surface area contributed by atoms with Crippen LogP contribution in [0.15, 0.2) is 59.5 Å². The SMILES string of the molecule is O=C(CN1C(=O)CSc2ccccc21)Nc1ccccc1. The van der Waals surface area contributed by atoms with Crippen LogP contribution < -0.4 is 10.2 Å². The van der Waals surface area contributed by atoms with Gasteiger partial charge < -0.3 is 10.2 Å². The maximum atomic E-state index is 12.1. The fraction of sp³-hybridized carbons (Fsp3) is 0.125. The van der Waals surface area contributed by atoms with Gasteiger partial charge in [-0.25, -0.2) is 0 Å². The van der Waals surface area contributed by atoms with Gasteiger partial charge in [-0.05, 0) is 24.3 Å². The molecule has 2 amide bonds. The van der Waals surface area contributed by atoms with Gasteiger partial charge in [-0.3, -0.25) is 9.59 Å². The average Bonchev–Trinajstić information content (AvgIpc) is 2.51. The minimum Gasteiger partial charge on any atom is -0.325 e. The summed E-state index contributed by atoms with van der Waals surface area (Å²) < 4.78 is 0. The maximum absolute atomic E-state index is 12.1. The van der Waals surface area contributed by atoms with Crippen LogP contribution in [0, 0.1) is 0 Å².